The minimum Gasteiger partial charge on any atom is -0.481 e. The normalized spacial score (nSPS) is 16.6. The van der Waals surface area contributed by atoms with Crippen molar-refractivity contribution in [3.63, 3.8) is 0 Å². The van der Waals surface area contributed by atoms with Gasteiger partial charge in [0.1, 0.15) is 5.52 Å². The van der Waals surface area contributed by atoms with E-state index in [2.05, 4.69) is 4.98 Å². The number of nitrogens with zero attached hydrogens (tertiary/aromatic N) is 1. The zero-order valence-electron chi connectivity index (χ0n) is 10.5. The number of para-hydroxylation sites is 2. The molecule has 1 aliphatic rings. The fourth-order valence-electron chi connectivity index (χ4n) is 2.21. The van der Waals surface area contributed by atoms with Crippen LogP contribution < -0.4 is 0 Å². The highest BCUT2D eigenvalue weighted by Crippen LogP contribution is 2.51. The molecule has 0 amide bonds. The minimum atomic E-state index is -0.694. The van der Waals surface area contributed by atoms with Gasteiger partial charge < -0.3 is 9.52 Å². The number of hydrogen-bond donors (Lipinski definition) is 1. The molecule has 1 aliphatic carbocycles. The quantitative estimate of drug-likeness (QED) is 0.877. The number of aliphatic carboxylic acids is 1. The third-order valence-corrected chi connectivity index (χ3v) is 4.72. The Kier molecular flexibility index (Phi) is 3.22. The lowest BCUT2D eigenvalue weighted by molar-refractivity contribution is -0.138. The van der Waals surface area contributed by atoms with Crippen LogP contribution in [-0.4, -0.2) is 21.8 Å². The molecule has 100 valence electrons. The van der Waals surface area contributed by atoms with Gasteiger partial charge in [-0.15, -0.1) is 0 Å². The van der Waals surface area contributed by atoms with Gasteiger partial charge >= 0.3 is 5.97 Å². The maximum atomic E-state index is 10.8. The summed E-state index contributed by atoms with van der Waals surface area (Å²) in [5.41, 5.74) is 1.72. The Hall–Kier alpha value is -1.49. The molecule has 0 bridgehead atoms. The fourth-order valence-corrected chi connectivity index (χ4v) is 3.43. The zero-order valence-corrected chi connectivity index (χ0v) is 11.3. The molecule has 0 unspecified atom stereocenters. The molecule has 1 saturated carbocycles. The summed E-state index contributed by atoms with van der Waals surface area (Å²) in [5.74, 6) is 1.60. The summed E-state index contributed by atoms with van der Waals surface area (Å²) in [6, 6.07) is 7.70. The number of carboxylic acid groups (broad SMARTS) is 1. The van der Waals surface area contributed by atoms with Crippen LogP contribution in [0.4, 0.5) is 0 Å². The van der Waals surface area contributed by atoms with Crippen LogP contribution in [0.25, 0.3) is 11.1 Å². The highest BCUT2D eigenvalue weighted by molar-refractivity contribution is 7.98. The largest absolute Gasteiger partial charge is 0.481 e. The van der Waals surface area contributed by atoms with E-state index in [0.717, 1.165) is 35.6 Å². The first-order valence-corrected chi connectivity index (χ1v) is 7.46. The Bertz CT molecular complexity index is 571. The molecule has 0 radical (unpaired) electrons. The maximum absolute atomic E-state index is 10.8. The lowest BCUT2D eigenvalue weighted by Gasteiger charge is -2.10. The van der Waals surface area contributed by atoms with E-state index in [4.69, 9.17) is 9.52 Å². The second kappa shape index (κ2) is 4.89. The molecular weight excluding hydrogens is 262 g/mol. The maximum Gasteiger partial charge on any atom is 0.303 e. The van der Waals surface area contributed by atoms with Crippen LogP contribution in [0.5, 0.6) is 0 Å². The van der Waals surface area contributed by atoms with Crippen molar-refractivity contribution in [1.29, 1.82) is 0 Å². The van der Waals surface area contributed by atoms with Crippen molar-refractivity contribution in [3.05, 3.63) is 30.2 Å². The molecule has 0 aliphatic heterocycles. The number of fused-ring (bicyclic) bond motifs is 1. The Balaban J connectivity index is 1.56. The van der Waals surface area contributed by atoms with Crippen LogP contribution in [0.1, 0.15) is 25.2 Å². The molecule has 1 aromatic heterocycles. The molecular formula is C14H15NO3S. The van der Waals surface area contributed by atoms with Gasteiger partial charge in [-0.25, -0.2) is 4.98 Å². The van der Waals surface area contributed by atoms with Gasteiger partial charge in [-0.3, -0.25) is 4.79 Å². The molecule has 1 N–H and O–H groups in total. The Morgan fingerprint density at radius 3 is 2.89 bits per heavy atom. The first-order valence-electron chi connectivity index (χ1n) is 6.31. The average molecular weight is 277 g/mol. The highest BCUT2D eigenvalue weighted by Gasteiger charge is 2.44. The van der Waals surface area contributed by atoms with Crippen molar-refractivity contribution in [3.8, 4) is 0 Å². The summed E-state index contributed by atoms with van der Waals surface area (Å²) in [4.78, 5) is 15.2. The number of hydrogen-bond acceptors (Lipinski definition) is 4. The lowest BCUT2D eigenvalue weighted by atomic mass is 10.1. The van der Waals surface area contributed by atoms with Gasteiger partial charge in [0.05, 0.1) is 12.2 Å². The molecule has 3 rings (SSSR count). The second-order valence-electron chi connectivity index (χ2n) is 5.14. The van der Waals surface area contributed by atoms with E-state index >= 15 is 0 Å². The molecule has 2 aromatic rings. The fraction of sp³-hybridized carbons (Fsp3) is 0.429. The molecule has 0 atom stereocenters. The van der Waals surface area contributed by atoms with E-state index in [9.17, 15) is 4.79 Å². The van der Waals surface area contributed by atoms with Crippen LogP contribution in [0.3, 0.4) is 0 Å². The topological polar surface area (TPSA) is 63.3 Å². The Morgan fingerprint density at radius 2 is 2.21 bits per heavy atom. The average Bonchev–Trinajstić information content (AvgIpc) is 2.99. The van der Waals surface area contributed by atoms with Crippen LogP contribution in [0.2, 0.25) is 0 Å². The van der Waals surface area contributed by atoms with Crippen LogP contribution in [0.15, 0.2) is 28.7 Å². The van der Waals surface area contributed by atoms with E-state index in [-0.39, 0.29) is 11.8 Å². The van der Waals surface area contributed by atoms with Gasteiger partial charge in [-0.2, -0.15) is 11.8 Å². The molecule has 0 saturated heterocycles. The minimum absolute atomic E-state index is 0.0303. The van der Waals surface area contributed by atoms with Crippen LogP contribution in [0, 0.1) is 5.41 Å². The van der Waals surface area contributed by atoms with Crippen molar-refractivity contribution in [2.75, 3.05) is 5.75 Å². The molecule has 4 nitrogen and oxygen atoms in total. The predicted octanol–water partition coefficient (Wildman–Crippen LogP) is 3.32. The predicted molar refractivity (Wildman–Crippen MR) is 74.1 cm³/mol. The standard InChI is InChI=1S/C14H15NO3S/c16-13(17)7-14(5-6-14)9-19-8-12-15-10-3-1-2-4-11(10)18-12/h1-4H,5-9H2,(H,16,17). The van der Waals surface area contributed by atoms with Crippen molar-refractivity contribution >= 4 is 28.8 Å². The summed E-state index contributed by atoms with van der Waals surface area (Å²) in [7, 11) is 0. The second-order valence-corrected chi connectivity index (χ2v) is 6.12. The van der Waals surface area contributed by atoms with E-state index in [1.165, 1.54) is 0 Å². The monoisotopic (exact) mass is 277 g/mol. The van der Waals surface area contributed by atoms with E-state index in [0.29, 0.717) is 5.75 Å². The molecule has 19 heavy (non-hydrogen) atoms. The SMILES string of the molecule is O=C(O)CC1(CSCc2nc3ccccc3o2)CC1. The smallest absolute Gasteiger partial charge is 0.303 e. The van der Waals surface area contributed by atoms with Gasteiger partial charge in [0.2, 0.25) is 5.89 Å². The number of carbonyl (C=O) groups is 1. The van der Waals surface area contributed by atoms with Gasteiger partial charge in [-0.1, -0.05) is 12.1 Å². The Labute approximate surface area is 115 Å². The molecule has 1 aromatic carbocycles. The number of carboxylic acids is 1. The Morgan fingerprint density at radius 1 is 1.42 bits per heavy atom. The number of benzene rings is 1. The highest BCUT2D eigenvalue weighted by atomic mass is 32.2. The number of rotatable bonds is 6. The summed E-state index contributed by atoms with van der Waals surface area (Å²) < 4.78 is 5.64. The van der Waals surface area contributed by atoms with Crippen molar-refractivity contribution in [1.82, 2.24) is 4.98 Å². The zero-order chi connectivity index (χ0) is 13.3. The molecule has 0 spiro atoms. The summed E-state index contributed by atoms with van der Waals surface area (Å²) in [6.45, 7) is 0. The van der Waals surface area contributed by atoms with Gasteiger partial charge in [0.25, 0.3) is 0 Å². The van der Waals surface area contributed by atoms with Crippen LogP contribution >= 0.6 is 11.8 Å². The molecule has 5 heteroatoms. The lowest BCUT2D eigenvalue weighted by Crippen LogP contribution is -2.11. The van der Waals surface area contributed by atoms with E-state index < -0.39 is 5.97 Å². The van der Waals surface area contributed by atoms with E-state index in [1.54, 1.807) is 11.8 Å². The van der Waals surface area contributed by atoms with Gasteiger partial charge in [0, 0.05) is 0 Å². The van der Waals surface area contributed by atoms with Crippen LogP contribution in [-0.2, 0) is 10.5 Å². The van der Waals surface area contributed by atoms with Crippen molar-refractivity contribution in [2.24, 2.45) is 5.41 Å². The third kappa shape index (κ3) is 2.92. The summed E-state index contributed by atoms with van der Waals surface area (Å²) >= 11 is 1.71. The molecule has 1 heterocycles. The third-order valence-electron chi connectivity index (χ3n) is 3.46. The first-order chi connectivity index (χ1) is 9.17. The van der Waals surface area contributed by atoms with E-state index in [1.807, 2.05) is 24.3 Å². The number of thioether (sulfide) groups is 1. The summed E-state index contributed by atoms with van der Waals surface area (Å²) in [6.07, 6.45) is 2.34. The first kappa shape index (κ1) is 12.5. The van der Waals surface area contributed by atoms with Gasteiger partial charge in [-0.05, 0) is 36.1 Å². The molecule has 1 fully saturated rings. The number of oxazole rings is 1. The summed E-state index contributed by atoms with van der Waals surface area (Å²) in [5, 5.41) is 8.86. The van der Waals surface area contributed by atoms with Crippen molar-refractivity contribution in [2.45, 2.75) is 25.0 Å². The van der Waals surface area contributed by atoms with Crippen molar-refractivity contribution < 1.29 is 14.3 Å². The van der Waals surface area contributed by atoms with Gasteiger partial charge in [0.15, 0.2) is 5.58 Å². The number of aromatic nitrogens is 1.